The van der Waals surface area contributed by atoms with Gasteiger partial charge >= 0.3 is 0 Å². The van der Waals surface area contributed by atoms with Gasteiger partial charge in [-0.2, -0.15) is 0 Å². The zero-order valence-electron chi connectivity index (χ0n) is 8.62. The van der Waals surface area contributed by atoms with E-state index in [-0.39, 0.29) is 17.4 Å². The molecule has 1 unspecified atom stereocenters. The molecular weight excluding hydrogens is 216 g/mol. The normalized spacial score (nSPS) is 21.3. The largest absolute Gasteiger partial charge is 0.507 e. The molecule has 1 aromatic rings. The number of phenols is 1. The fraction of sp³-hybridized carbons (Fsp3) is 0.455. The predicted octanol–water partition coefficient (Wildman–Crippen LogP) is 1.99. The summed E-state index contributed by atoms with van der Waals surface area (Å²) in [6.07, 6.45) is -2.89. The van der Waals surface area contributed by atoms with Crippen LogP contribution >= 0.6 is 0 Å². The summed E-state index contributed by atoms with van der Waals surface area (Å²) in [4.78, 5) is 0. The molecule has 16 heavy (non-hydrogen) atoms. The van der Waals surface area contributed by atoms with Crippen LogP contribution < -0.4 is 5.32 Å². The minimum absolute atomic E-state index is 0.216. The van der Waals surface area contributed by atoms with Crippen molar-refractivity contribution in [1.82, 2.24) is 5.32 Å². The van der Waals surface area contributed by atoms with Crippen LogP contribution in [0.5, 0.6) is 5.75 Å². The Balaban J connectivity index is 2.24. The quantitative estimate of drug-likeness (QED) is 0.814. The first-order valence-corrected chi connectivity index (χ1v) is 5.12. The number of ether oxygens (including phenoxy) is 1. The molecule has 1 aliphatic rings. The molecule has 1 heterocycles. The number of morpholine rings is 1. The van der Waals surface area contributed by atoms with Crippen LogP contribution in [0.4, 0.5) is 8.78 Å². The predicted molar refractivity (Wildman–Crippen MR) is 54.6 cm³/mol. The molecule has 0 saturated carbocycles. The Labute approximate surface area is 92.0 Å². The highest BCUT2D eigenvalue weighted by Gasteiger charge is 2.19. The van der Waals surface area contributed by atoms with Crippen molar-refractivity contribution in [1.29, 1.82) is 0 Å². The van der Waals surface area contributed by atoms with Gasteiger partial charge in [0.05, 0.1) is 18.3 Å². The highest BCUT2D eigenvalue weighted by Crippen LogP contribution is 2.31. The minimum Gasteiger partial charge on any atom is -0.507 e. The third kappa shape index (κ3) is 2.31. The van der Waals surface area contributed by atoms with Crippen LogP contribution in [-0.2, 0) is 4.74 Å². The number of aromatic hydroxyl groups is 1. The highest BCUT2D eigenvalue weighted by atomic mass is 19.3. The molecule has 0 aliphatic carbocycles. The molecule has 3 nitrogen and oxygen atoms in total. The molecule has 0 radical (unpaired) electrons. The van der Waals surface area contributed by atoms with Crippen LogP contribution in [0.1, 0.15) is 23.7 Å². The first-order valence-electron chi connectivity index (χ1n) is 5.12. The third-order valence-electron chi connectivity index (χ3n) is 2.59. The number of halogens is 2. The van der Waals surface area contributed by atoms with Crippen LogP contribution in [0.3, 0.4) is 0 Å². The van der Waals surface area contributed by atoms with Gasteiger partial charge in [-0.05, 0) is 17.7 Å². The van der Waals surface area contributed by atoms with E-state index in [9.17, 15) is 13.9 Å². The Morgan fingerprint density at radius 1 is 1.44 bits per heavy atom. The molecule has 0 aromatic heterocycles. The van der Waals surface area contributed by atoms with Crippen molar-refractivity contribution in [2.45, 2.75) is 12.5 Å². The van der Waals surface area contributed by atoms with Gasteiger partial charge in [0.25, 0.3) is 6.43 Å². The van der Waals surface area contributed by atoms with E-state index < -0.39 is 6.43 Å². The number of hydrogen-bond acceptors (Lipinski definition) is 3. The second kappa shape index (κ2) is 4.76. The number of hydrogen-bond donors (Lipinski definition) is 2. The molecule has 1 saturated heterocycles. The number of phenolic OH excluding ortho intramolecular Hbond substituents is 1. The number of nitrogens with one attached hydrogen (secondary N) is 1. The molecule has 1 fully saturated rings. The number of benzene rings is 1. The summed E-state index contributed by atoms with van der Waals surface area (Å²) >= 11 is 0. The zero-order valence-corrected chi connectivity index (χ0v) is 8.62. The molecule has 5 heteroatoms. The maximum Gasteiger partial charge on any atom is 0.267 e. The van der Waals surface area contributed by atoms with Gasteiger partial charge in [0.1, 0.15) is 5.75 Å². The average Bonchev–Trinajstić information content (AvgIpc) is 2.30. The van der Waals surface area contributed by atoms with E-state index in [0.29, 0.717) is 18.7 Å². The summed E-state index contributed by atoms with van der Waals surface area (Å²) in [7, 11) is 0. The van der Waals surface area contributed by atoms with E-state index in [0.717, 1.165) is 6.54 Å². The summed E-state index contributed by atoms with van der Waals surface area (Å²) < 4.78 is 30.6. The van der Waals surface area contributed by atoms with E-state index >= 15 is 0 Å². The zero-order chi connectivity index (χ0) is 11.5. The molecule has 2 rings (SSSR count). The highest BCUT2D eigenvalue weighted by molar-refractivity contribution is 5.38. The van der Waals surface area contributed by atoms with E-state index in [1.165, 1.54) is 12.1 Å². The van der Waals surface area contributed by atoms with Gasteiger partial charge in [0.15, 0.2) is 0 Å². The molecule has 88 valence electrons. The van der Waals surface area contributed by atoms with Crippen molar-refractivity contribution in [3.05, 3.63) is 29.3 Å². The SMILES string of the molecule is Oc1ccc(C2CNCCO2)cc1C(F)F. The summed E-state index contributed by atoms with van der Waals surface area (Å²) in [6.45, 7) is 1.94. The van der Waals surface area contributed by atoms with Gasteiger partial charge in [0.2, 0.25) is 0 Å². The molecule has 1 aromatic carbocycles. The number of alkyl halides is 2. The molecule has 1 atom stereocenters. The molecular formula is C11H13F2NO2. The third-order valence-corrected chi connectivity index (χ3v) is 2.59. The van der Waals surface area contributed by atoms with Crippen molar-refractivity contribution < 1.29 is 18.6 Å². The summed E-state index contributed by atoms with van der Waals surface area (Å²) in [5.74, 6) is -0.373. The fourth-order valence-corrected chi connectivity index (χ4v) is 1.73. The van der Waals surface area contributed by atoms with Crippen molar-refractivity contribution >= 4 is 0 Å². The standard InChI is InChI=1S/C11H13F2NO2/c12-11(13)8-5-7(1-2-9(8)15)10-6-14-3-4-16-10/h1-2,5,10-11,14-15H,3-4,6H2. The van der Waals surface area contributed by atoms with Crippen LogP contribution in [-0.4, -0.2) is 24.8 Å². The maximum absolute atomic E-state index is 12.6. The van der Waals surface area contributed by atoms with Crippen LogP contribution in [0.15, 0.2) is 18.2 Å². The Morgan fingerprint density at radius 2 is 2.25 bits per heavy atom. The molecule has 0 amide bonds. The summed E-state index contributed by atoms with van der Waals surface area (Å²) in [6, 6.07) is 4.20. The lowest BCUT2D eigenvalue weighted by Gasteiger charge is -2.24. The van der Waals surface area contributed by atoms with Gasteiger partial charge in [-0.1, -0.05) is 6.07 Å². The minimum atomic E-state index is -2.67. The first-order chi connectivity index (χ1) is 7.68. The lowest BCUT2D eigenvalue weighted by Crippen LogP contribution is -2.33. The topological polar surface area (TPSA) is 41.5 Å². The smallest absolute Gasteiger partial charge is 0.267 e. The van der Waals surface area contributed by atoms with Crippen molar-refractivity contribution in [2.75, 3.05) is 19.7 Å². The lowest BCUT2D eigenvalue weighted by molar-refractivity contribution is 0.0274. The van der Waals surface area contributed by atoms with E-state index in [4.69, 9.17) is 4.74 Å². The van der Waals surface area contributed by atoms with Crippen LogP contribution in [0, 0.1) is 0 Å². The van der Waals surface area contributed by atoms with E-state index in [2.05, 4.69) is 5.32 Å². The van der Waals surface area contributed by atoms with Crippen molar-refractivity contribution in [3.63, 3.8) is 0 Å². The second-order valence-corrected chi connectivity index (χ2v) is 3.68. The van der Waals surface area contributed by atoms with Gasteiger partial charge in [0, 0.05) is 13.1 Å². The molecule has 0 spiro atoms. The molecule has 1 aliphatic heterocycles. The van der Waals surface area contributed by atoms with Crippen LogP contribution in [0.25, 0.3) is 0 Å². The van der Waals surface area contributed by atoms with Crippen molar-refractivity contribution in [3.8, 4) is 5.75 Å². The Bertz CT molecular complexity index is 365. The van der Waals surface area contributed by atoms with Gasteiger partial charge in [-0.15, -0.1) is 0 Å². The van der Waals surface area contributed by atoms with Crippen LogP contribution in [0.2, 0.25) is 0 Å². The average molecular weight is 229 g/mol. The maximum atomic E-state index is 12.6. The monoisotopic (exact) mass is 229 g/mol. The Morgan fingerprint density at radius 3 is 2.88 bits per heavy atom. The van der Waals surface area contributed by atoms with Gasteiger partial charge < -0.3 is 15.2 Å². The molecule has 0 bridgehead atoms. The summed E-state index contributed by atoms with van der Waals surface area (Å²) in [5.41, 5.74) is 0.326. The second-order valence-electron chi connectivity index (χ2n) is 3.68. The van der Waals surface area contributed by atoms with E-state index in [1.807, 2.05) is 0 Å². The Kier molecular flexibility index (Phi) is 3.36. The Hall–Kier alpha value is -1.20. The fourth-order valence-electron chi connectivity index (χ4n) is 1.73. The van der Waals surface area contributed by atoms with Gasteiger partial charge in [-0.3, -0.25) is 0 Å². The van der Waals surface area contributed by atoms with Crippen molar-refractivity contribution in [2.24, 2.45) is 0 Å². The van der Waals surface area contributed by atoms with Gasteiger partial charge in [-0.25, -0.2) is 8.78 Å². The molecule has 2 N–H and O–H groups in total. The first kappa shape index (κ1) is 11.3. The summed E-state index contributed by atoms with van der Waals surface area (Å²) in [5, 5.41) is 12.4. The number of rotatable bonds is 2. The lowest BCUT2D eigenvalue weighted by atomic mass is 10.0. The van der Waals surface area contributed by atoms with E-state index in [1.54, 1.807) is 6.07 Å².